The summed E-state index contributed by atoms with van der Waals surface area (Å²) in [5.41, 5.74) is 1.36. The fourth-order valence-corrected chi connectivity index (χ4v) is 2.58. The summed E-state index contributed by atoms with van der Waals surface area (Å²) in [5, 5.41) is 8.88. The van der Waals surface area contributed by atoms with Crippen LogP contribution in [0.15, 0.2) is 40.8 Å². The van der Waals surface area contributed by atoms with Crippen molar-refractivity contribution in [1.82, 2.24) is 4.90 Å². The Morgan fingerprint density at radius 2 is 1.73 bits per heavy atom. The molecule has 1 N–H and O–H groups in total. The maximum Gasteiger partial charge on any atom is 0.305 e. The molecule has 0 aliphatic rings. The van der Waals surface area contributed by atoms with Crippen LogP contribution in [0.3, 0.4) is 0 Å². The van der Waals surface area contributed by atoms with Gasteiger partial charge in [0.25, 0.3) is 5.91 Å². The second-order valence-corrected chi connectivity index (χ2v) is 6.59. The van der Waals surface area contributed by atoms with E-state index < -0.39 is 5.97 Å². The first-order chi connectivity index (χ1) is 12.3. The Kier molecular flexibility index (Phi) is 6.33. The number of carbonyl (C=O) groups excluding carboxylic acids is 2. The molecule has 6 heteroatoms. The van der Waals surface area contributed by atoms with Crippen molar-refractivity contribution >= 4 is 17.7 Å². The quantitative estimate of drug-likeness (QED) is 0.728. The van der Waals surface area contributed by atoms with Crippen LogP contribution in [-0.4, -0.2) is 40.8 Å². The van der Waals surface area contributed by atoms with Gasteiger partial charge in [-0.15, -0.1) is 0 Å². The maximum atomic E-state index is 12.7. The molecular weight excluding hydrogens is 334 g/mol. The highest BCUT2D eigenvalue weighted by atomic mass is 16.4. The zero-order valence-electron chi connectivity index (χ0n) is 15.2. The first-order valence-electron chi connectivity index (χ1n) is 8.50. The van der Waals surface area contributed by atoms with E-state index in [1.54, 1.807) is 36.4 Å². The molecule has 2 rings (SSSR count). The van der Waals surface area contributed by atoms with Crippen molar-refractivity contribution in [3.05, 3.63) is 47.7 Å². The van der Waals surface area contributed by atoms with Crippen molar-refractivity contribution < 1.29 is 23.9 Å². The monoisotopic (exact) mass is 357 g/mol. The van der Waals surface area contributed by atoms with Gasteiger partial charge in [-0.3, -0.25) is 14.4 Å². The van der Waals surface area contributed by atoms with Crippen LogP contribution in [-0.2, 0) is 4.79 Å². The van der Waals surface area contributed by atoms with Gasteiger partial charge in [-0.05, 0) is 25.0 Å². The van der Waals surface area contributed by atoms with Crippen molar-refractivity contribution in [1.29, 1.82) is 0 Å². The van der Waals surface area contributed by atoms with Gasteiger partial charge >= 0.3 is 5.97 Å². The maximum absolute atomic E-state index is 12.7. The number of amides is 1. The molecule has 6 nitrogen and oxygen atoms in total. The zero-order valence-corrected chi connectivity index (χ0v) is 15.2. The SMILES string of the molecule is CC(=O)c1ccc(-c2ccc(C(=O)N(CCC(=O)O)CC(C)C)o2)cc1. The van der Waals surface area contributed by atoms with Gasteiger partial charge in [0, 0.05) is 24.2 Å². The van der Waals surface area contributed by atoms with Crippen molar-refractivity contribution in [2.24, 2.45) is 5.92 Å². The zero-order chi connectivity index (χ0) is 19.3. The third-order valence-corrected chi connectivity index (χ3v) is 3.86. The highest BCUT2D eigenvalue weighted by Gasteiger charge is 2.21. The Morgan fingerprint density at radius 1 is 1.08 bits per heavy atom. The van der Waals surface area contributed by atoms with E-state index in [9.17, 15) is 14.4 Å². The second-order valence-electron chi connectivity index (χ2n) is 6.59. The summed E-state index contributed by atoms with van der Waals surface area (Å²) >= 11 is 0. The first-order valence-corrected chi connectivity index (χ1v) is 8.50. The summed E-state index contributed by atoms with van der Waals surface area (Å²) in [6.45, 7) is 6.01. The molecule has 1 amide bonds. The van der Waals surface area contributed by atoms with E-state index in [0.29, 0.717) is 17.9 Å². The van der Waals surface area contributed by atoms with Crippen LogP contribution in [0.1, 0.15) is 48.1 Å². The lowest BCUT2D eigenvalue weighted by Crippen LogP contribution is -2.35. The fourth-order valence-electron chi connectivity index (χ4n) is 2.58. The molecule has 0 unspecified atom stereocenters. The molecule has 0 saturated heterocycles. The molecule has 1 aromatic carbocycles. The minimum Gasteiger partial charge on any atom is -0.481 e. The van der Waals surface area contributed by atoms with Gasteiger partial charge < -0.3 is 14.4 Å². The number of carbonyl (C=O) groups is 3. The number of hydrogen-bond acceptors (Lipinski definition) is 4. The summed E-state index contributed by atoms with van der Waals surface area (Å²) in [5.74, 6) is -0.396. The lowest BCUT2D eigenvalue weighted by molar-refractivity contribution is -0.137. The molecule has 0 fully saturated rings. The van der Waals surface area contributed by atoms with Crippen molar-refractivity contribution in [3.8, 4) is 11.3 Å². The van der Waals surface area contributed by atoms with Crippen LogP contribution in [0.5, 0.6) is 0 Å². The molecule has 1 heterocycles. The Balaban J connectivity index is 2.18. The Hall–Kier alpha value is -2.89. The van der Waals surface area contributed by atoms with Gasteiger partial charge in [-0.25, -0.2) is 0 Å². The summed E-state index contributed by atoms with van der Waals surface area (Å²) in [7, 11) is 0. The molecule has 0 saturated carbocycles. The number of Topliss-reactive ketones (excluding diaryl/α,β-unsaturated/α-hetero) is 1. The number of aliphatic carboxylic acids is 1. The average Bonchev–Trinajstić information content (AvgIpc) is 3.07. The van der Waals surface area contributed by atoms with E-state index in [0.717, 1.165) is 5.56 Å². The average molecular weight is 357 g/mol. The van der Waals surface area contributed by atoms with Gasteiger partial charge in [0.2, 0.25) is 0 Å². The van der Waals surface area contributed by atoms with Crippen LogP contribution in [0.4, 0.5) is 0 Å². The Labute approximate surface area is 152 Å². The predicted octanol–water partition coefficient (Wildman–Crippen LogP) is 3.72. The highest BCUT2D eigenvalue weighted by molar-refractivity contribution is 5.94. The molecule has 0 aliphatic heterocycles. The Morgan fingerprint density at radius 3 is 2.27 bits per heavy atom. The van der Waals surface area contributed by atoms with Crippen molar-refractivity contribution in [2.75, 3.05) is 13.1 Å². The van der Waals surface area contributed by atoms with Crippen molar-refractivity contribution in [3.63, 3.8) is 0 Å². The highest BCUT2D eigenvalue weighted by Crippen LogP contribution is 2.24. The molecule has 0 atom stereocenters. The van der Waals surface area contributed by atoms with Gasteiger partial charge in [-0.2, -0.15) is 0 Å². The molecule has 0 radical (unpaired) electrons. The molecule has 138 valence electrons. The fraction of sp³-hybridized carbons (Fsp3) is 0.350. The number of hydrogen-bond donors (Lipinski definition) is 1. The molecule has 26 heavy (non-hydrogen) atoms. The lowest BCUT2D eigenvalue weighted by Gasteiger charge is -2.22. The summed E-state index contributed by atoms with van der Waals surface area (Å²) in [6, 6.07) is 10.2. The predicted molar refractivity (Wildman–Crippen MR) is 97.1 cm³/mol. The molecule has 0 spiro atoms. The molecular formula is C20H23NO5. The smallest absolute Gasteiger partial charge is 0.305 e. The van der Waals surface area contributed by atoms with E-state index in [1.807, 2.05) is 13.8 Å². The second kappa shape index (κ2) is 8.47. The van der Waals surface area contributed by atoms with Crippen LogP contribution in [0.25, 0.3) is 11.3 Å². The Bertz CT molecular complexity index is 789. The van der Waals surface area contributed by atoms with Crippen LogP contribution in [0, 0.1) is 5.92 Å². The molecule has 0 bridgehead atoms. The number of furan rings is 1. The molecule has 1 aromatic heterocycles. The van der Waals surface area contributed by atoms with Crippen molar-refractivity contribution in [2.45, 2.75) is 27.2 Å². The van der Waals surface area contributed by atoms with Gasteiger partial charge in [0.05, 0.1) is 6.42 Å². The number of nitrogens with zero attached hydrogens (tertiary/aromatic N) is 1. The minimum atomic E-state index is -0.947. The first kappa shape index (κ1) is 19.4. The number of benzene rings is 1. The van der Waals surface area contributed by atoms with E-state index in [4.69, 9.17) is 9.52 Å². The van der Waals surface area contributed by atoms with Gasteiger partial charge in [0.1, 0.15) is 5.76 Å². The summed E-state index contributed by atoms with van der Waals surface area (Å²) in [4.78, 5) is 36.3. The number of rotatable bonds is 8. The van der Waals surface area contributed by atoms with Crippen LogP contribution in [0.2, 0.25) is 0 Å². The minimum absolute atomic E-state index is 0.0189. The lowest BCUT2D eigenvalue weighted by atomic mass is 10.1. The van der Waals surface area contributed by atoms with E-state index >= 15 is 0 Å². The van der Waals surface area contributed by atoms with Gasteiger partial charge in [-0.1, -0.05) is 38.1 Å². The third kappa shape index (κ3) is 5.05. The number of carboxylic acids is 1. The van der Waals surface area contributed by atoms with Crippen LogP contribution >= 0.6 is 0 Å². The van der Waals surface area contributed by atoms with E-state index in [1.165, 1.54) is 11.8 Å². The van der Waals surface area contributed by atoms with E-state index in [2.05, 4.69) is 0 Å². The largest absolute Gasteiger partial charge is 0.481 e. The van der Waals surface area contributed by atoms with E-state index in [-0.39, 0.29) is 36.3 Å². The summed E-state index contributed by atoms with van der Waals surface area (Å²) < 4.78 is 5.68. The number of ketones is 1. The number of carboxylic acid groups (broad SMARTS) is 1. The molecule has 0 aliphatic carbocycles. The summed E-state index contributed by atoms with van der Waals surface area (Å²) in [6.07, 6.45) is -0.113. The topological polar surface area (TPSA) is 87.8 Å². The standard InChI is InChI=1S/C20H23NO5/c1-13(2)12-21(11-10-19(23)24)20(25)18-9-8-17(26-18)16-6-4-15(5-7-16)14(3)22/h4-9,13H,10-12H2,1-3H3,(H,23,24). The van der Waals surface area contributed by atoms with Gasteiger partial charge in [0.15, 0.2) is 11.5 Å². The van der Waals surface area contributed by atoms with Crippen LogP contribution < -0.4 is 0 Å². The normalized spacial score (nSPS) is 10.8. The third-order valence-electron chi connectivity index (χ3n) is 3.86. The molecule has 2 aromatic rings.